The van der Waals surface area contributed by atoms with Crippen molar-refractivity contribution in [1.82, 2.24) is 0 Å². The highest BCUT2D eigenvalue weighted by Gasteiger charge is 2.35. The highest BCUT2D eigenvalue weighted by Crippen LogP contribution is 2.25. The Bertz CT molecular complexity index is 370. The number of hydrogen-bond donors (Lipinski definition) is 10. The third-order valence-electron chi connectivity index (χ3n) is 5.98. The molecule has 35 heavy (non-hydrogen) atoms. The zero-order chi connectivity index (χ0) is 27.4. The van der Waals surface area contributed by atoms with Gasteiger partial charge in [0.15, 0.2) is 0 Å². The second kappa shape index (κ2) is 30.7. The minimum absolute atomic E-state index is 0.389. The number of aliphatic hydroxyl groups excluding tert-OH is 4. The summed E-state index contributed by atoms with van der Waals surface area (Å²) in [5.41, 5.74) is -1.16. The summed E-state index contributed by atoms with van der Waals surface area (Å²) >= 11 is 0. The third kappa shape index (κ3) is 32.4. The predicted octanol–water partition coefficient (Wildman–Crippen LogP) is 3.34. The van der Waals surface area contributed by atoms with Gasteiger partial charge in [-0.2, -0.15) is 0 Å². The molecule has 0 radical (unpaired) electrons. The third-order valence-corrected chi connectivity index (χ3v) is 5.98. The van der Waals surface area contributed by atoms with E-state index in [2.05, 4.69) is 6.92 Å². The van der Waals surface area contributed by atoms with E-state index >= 15 is 0 Å². The highest BCUT2D eigenvalue weighted by atomic mass is 31.2. The summed E-state index contributed by atoms with van der Waals surface area (Å²) in [5, 5.41) is 38.0. The van der Waals surface area contributed by atoms with Crippen LogP contribution in [0.3, 0.4) is 0 Å². The van der Waals surface area contributed by atoms with E-state index in [0.717, 1.165) is 12.8 Å². The van der Waals surface area contributed by atoms with Crippen LogP contribution in [-0.4, -0.2) is 75.7 Å². The van der Waals surface area contributed by atoms with Crippen molar-refractivity contribution in [3.8, 4) is 0 Å². The van der Waals surface area contributed by atoms with Crippen LogP contribution in [0.5, 0.6) is 0 Å². The first kappa shape index (κ1) is 40.0. The lowest BCUT2D eigenvalue weighted by Gasteiger charge is -2.32. The molecule has 10 nitrogen and oxygen atoms in total. The molecular formula is C23H54O10P2. The van der Waals surface area contributed by atoms with Crippen LogP contribution in [-0.2, 0) is 0 Å². The van der Waals surface area contributed by atoms with Crippen molar-refractivity contribution in [3.05, 3.63) is 0 Å². The molecule has 0 aromatic carbocycles. The summed E-state index contributed by atoms with van der Waals surface area (Å²) in [6.07, 6.45) is 20.6. The van der Waals surface area contributed by atoms with E-state index in [9.17, 15) is 20.4 Å². The van der Waals surface area contributed by atoms with Crippen molar-refractivity contribution in [2.24, 2.45) is 5.41 Å². The number of unbranched alkanes of at least 4 members (excludes halogenated alkanes) is 15. The molecule has 0 aliphatic carbocycles. The monoisotopic (exact) mass is 552 g/mol. The van der Waals surface area contributed by atoms with Crippen LogP contribution < -0.4 is 0 Å². The molecule has 216 valence electrons. The molecular weight excluding hydrogens is 498 g/mol. The summed E-state index contributed by atoms with van der Waals surface area (Å²) in [6.45, 7) is 1.10. The average Bonchev–Trinajstić information content (AvgIpc) is 2.79. The molecule has 0 aromatic heterocycles. The first-order valence-corrected chi connectivity index (χ1v) is 15.3. The number of aliphatic hydroxyl groups is 4. The maximum atomic E-state index is 10.1. The van der Waals surface area contributed by atoms with Gasteiger partial charge in [0.1, 0.15) is 0 Å². The highest BCUT2D eigenvalue weighted by molar-refractivity contribution is 7.38. The standard InChI is InChI=1S/C23H48O4.2H3O3P/c1-2-3-4-5-6-7-8-9-10-11-12-13-14-15-16-17-18-22(27)23(19-24,20-25)21-26;2*1-4(2)3/h22,24-27H,2-21H2,1H3;2*1-3H. The van der Waals surface area contributed by atoms with E-state index in [0.29, 0.717) is 6.42 Å². The molecule has 0 saturated carbocycles. The van der Waals surface area contributed by atoms with Gasteiger partial charge in [0, 0.05) is 0 Å². The van der Waals surface area contributed by atoms with Crippen molar-refractivity contribution in [2.45, 2.75) is 122 Å². The van der Waals surface area contributed by atoms with Gasteiger partial charge in [0.2, 0.25) is 0 Å². The molecule has 0 saturated heterocycles. The Labute approximate surface area is 214 Å². The Hall–Kier alpha value is 0.460. The van der Waals surface area contributed by atoms with E-state index < -0.39 is 28.7 Å². The maximum absolute atomic E-state index is 10.1. The smallest absolute Gasteiger partial charge is 0.324 e. The van der Waals surface area contributed by atoms with Gasteiger partial charge in [-0.1, -0.05) is 110 Å². The fourth-order valence-corrected chi connectivity index (χ4v) is 3.66. The molecule has 10 N–H and O–H groups in total. The van der Waals surface area contributed by atoms with Crippen LogP contribution in [0.1, 0.15) is 116 Å². The van der Waals surface area contributed by atoms with Gasteiger partial charge in [-0.3, -0.25) is 0 Å². The van der Waals surface area contributed by atoms with Crippen molar-refractivity contribution in [3.63, 3.8) is 0 Å². The Morgan fingerprint density at radius 3 is 0.943 bits per heavy atom. The molecule has 1 unspecified atom stereocenters. The van der Waals surface area contributed by atoms with Crippen molar-refractivity contribution in [1.29, 1.82) is 0 Å². The van der Waals surface area contributed by atoms with E-state index in [1.807, 2.05) is 0 Å². The molecule has 0 aliphatic rings. The maximum Gasteiger partial charge on any atom is 0.324 e. The second-order valence-electron chi connectivity index (χ2n) is 8.98. The van der Waals surface area contributed by atoms with Gasteiger partial charge in [-0.25, -0.2) is 0 Å². The van der Waals surface area contributed by atoms with Gasteiger partial charge in [0.05, 0.1) is 31.3 Å². The summed E-state index contributed by atoms with van der Waals surface area (Å²) in [5.74, 6) is 0. The Kier molecular flexibility index (Phi) is 35.0. The normalized spacial score (nSPS) is 12.3. The molecule has 0 spiro atoms. The van der Waals surface area contributed by atoms with Gasteiger partial charge in [-0.05, 0) is 6.42 Å². The van der Waals surface area contributed by atoms with Crippen LogP contribution in [0.25, 0.3) is 0 Å². The van der Waals surface area contributed by atoms with Gasteiger partial charge < -0.3 is 49.8 Å². The summed E-state index contributed by atoms with van der Waals surface area (Å²) < 4.78 is 0. The Morgan fingerprint density at radius 1 is 0.486 bits per heavy atom. The lowest BCUT2D eigenvalue weighted by molar-refractivity contribution is -0.0863. The molecule has 0 rings (SSSR count). The molecule has 0 heterocycles. The zero-order valence-electron chi connectivity index (χ0n) is 21.6. The molecule has 0 bridgehead atoms. The lowest BCUT2D eigenvalue weighted by Crippen LogP contribution is -2.45. The molecule has 0 aliphatic heterocycles. The largest absolute Gasteiger partial charge is 0.396 e. The first-order chi connectivity index (χ1) is 16.6. The first-order valence-electron chi connectivity index (χ1n) is 12.9. The zero-order valence-corrected chi connectivity index (χ0v) is 23.4. The van der Waals surface area contributed by atoms with Crippen molar-refractivity contribution < 1.29 is 49.8 Å². The Morgan fingerprint density at radius 2 is 0.714 bits per heavy atom. The van der Waals surface area contributed by atoms with Crippen LogP contribution in [0.4, 0.5) is 0 Å². The second-order valence-corrected chi connectivity index (χ2v) is 10.1. The van der Waals surface area contributed by atoms with Gasteiger partial charge >= 0.3 is 17.2 Å². The summed E-state index contributed by atoms with van der Waals surface area (Å²) in [7, 11) is -5.24. The van der Waals surface area contributed by atoms with Crippen LogP contribution in [0.15, 0.2) is 0 Å². The molecule has 0 aromatic rings. The minimum Gasteiger partial charge on any atom is -0.396 e. The van der Waals surface area contributed by atoms with E-state index in [-0.39, 0.29) is 19.8 Å². The van der Waals surface area contributed by atoms with Crippen molar-refractivity contribution in [2.75, 3.05) is 19.8 Å². The molecule has 12 heteroatoms. The number of hydrogen-bond acceptors (Lipinski definition) is 10. The molecule has 1 atom stereocenters. The Balaban J connectivity index is -0.00000110. The summed E-state index contributed by atoms with van der Waals surface area (Å²) in [6, 6.07) is 0. The quantitative estimate of drug-likeness (QED) is 0.0743. The van der Waals surface area contributed by atoms with Crippen LogP contribution in [0, 0.1) is 5.41 Å². The van der Waals surface area contributed by atoms with Crippen molar-refractivity contribution >= 4 is 17.2 Å². The fraction of sp³-hybridized carbons (Fsp3) is 1.00. The molecule has 0 fully saturated rings. The van der Waals surface area contributed by atoms with Gasteiger partial charge in [0.25, 0.3) is 0 Å². The minimum atomic E-state index is -2.62. The van der Waals surface area contributed by atoms with E-state index in [1.54, 1.807) is 0 Å². The fourth-order valence-electron chi connectivity index (χ4n) is 3.66. The summed E-state index contributed by atoms with van der Waals surface area (Å²) in [4.78, 5) is 43.4. The van der Waals surface area contributed by atoms with Crippen LogP contribution >= 0.6 is 17.2 Å². The lowest BCUT2D eigenvalue weighted by atomic mass is 9.82. The average molecular weight is 553 g/mol. The van der Waals surface area contributed by atoms with E-state index in [1.165, 1.54) is 89.9 Å². The SMILES string of the molecule is CCCCCCCCCCCCCCCCCCC(O)C(CO)(CO)CO.OP(O)O.OP(O)O. The predicted molar refractivity (Wildman–Crippen MR) is 141 cm³/mol. The van der Waals surface area contributed by atoms with E-state index in [4.69, 9.17) is 29.4 Å². The number of rotatable bonds is 21. The van der Waals surface area contributed by atoms with Crippen LogP contribution in [0.2, 0.25) is 0 Å². The molecule has 0 amide bonds. The van der Waals surface area contributed by atoms with Gasteiger partial charge in [-0.15, -0.1) is 0 Å². The topological polar surface area (TPSA) is 202 Å².